The molecule has 0 radical (unpaired) electrons. The molecule has 122 valence electrons. The average Bonchev–Trinajstić information content (AvgIpc) is 2.95. The fourth-order valence-corrected chi connectivity index (χ4v) is 3.35. The number of nitrogens with zero attached hydrogens (tertiary/aromatic N) is 4. The molecule has 0 amide bonds. The zero-order valence-electron chi connectivity index (χ0n) is 13.8. The zero-order chi connectivity index (χ0) is 16.4. The molecule has 1 saturated heterocycles. The number of fused-ring (bicyclic) bond motifs is 1. The van der Waals surface area contributed by atoms with Crippen molar-refractivity contribution < 1.29 is 0 Å². The van der Waals surface area contributed by atoms with Crippen molar-refractivity contribution in [1.82, 2.24) is 19.9 Å². The standard InChI is InChI=1S/C19H21N5/c1-14-11-24(12-15-5-3-2-4-6-15)13-17(14)22-18-8-7-16-19(23-18)21-10-9-20-16/h2-10,14,17H,11-13H2,1H3,(H,21,22,23). The molecular weight excluding hydrogens is 298 g/mol. The lowest BCUT2D eigenvalue weighted by Gasteiger charge is -2.18. The molecule has 2 aromatic heterocycles. The highest BCUT2D eigenvalue weighted by atomic mass is 15.2. The third kappa shape index (κ3) is 3.21. The summed E-state index contributed by atoms with van der Waals surface area (Å²) in [5.74, 6) is 1.45. The second-order valence-corrected chi connectivity index (χ2v) is 6.50. The lowest BCUT2D eigenvalue weighted by atomic mass is 10.1. The van der Waals surface area contributed by atoms with Gasteiger partial charge in [0.25, 0.3) is 0 Å². The second kappa shape index (κ2) is 6.53. The molecule has 24 heavy (non-hydrogen) atoms. The topological polar surface area (TPSA) is 53.9 Å². The number of benzene rings is 1. The van der Waals surface area contributed by atoms with Crippen molar-refractivity contribution in [1.29, 1.82) is 0 Å². The Morgan fingerprint density at radius 3 is 2.75 bits per heavy atom. The van der Waals surface area contributed by atoms with Crippen LogP contribution in [0.2, 0.25) is 0 Å². The van der Waals surface area contributed by atoms with Crippen molar-refractivity contribution in [2.24, 2.45) is 5.92 Å². The molecule has 5 nitrogen and oxygen atoms in total. The fourth-order valence-electron chi connectivity index (χ4n) is 3.35. The summed E-state index contributed by atoms with van der Waals surface area (Å²) in [6.45, 7) is 5.42. The van der Waals surface area contributed by atoms with E-state index in [1.807, 2.05) is 12.1 Å². The number of nitrogens with one attached hydrogen (secondary N) is 1. The van der Waals surface area contributed by atoms with E-state index in [9.17, 15) is 0 Å². The van der Waals surface area contributed by atoms with E-state index >= 15 is 0 Å². The number of aromatic nitrogens is 3. The van der Waals surface area contributed by atoms with Gasteiger partial charge in [-0.05, 0) is 23.6 Å². The number of rotatable bonds is 4. The molecule has 0 bridgehead atoms. The smallest absolute Gasteiger partial charge is 0.180 e. The predicted octanol–water partition coefficient (Wildman–Crippen LogP) is 2.96. The molecule has 4 rings (SSSR count). The Morgan fingerprint density at radius 2 is 1.88 bits per heavy atom. The Balaban J connectivity index is 1.44. The van der Waals surface area contributed by atoms with Gasteiger partial charge < -0.3 is 5.32 Å². The molecular formula is C19H21N5. The third-order valence-electron chi connectivity index (χ3n) is 4.60. The molecule has 1 fully saturated rings. The number of hydrogen-bond acceptors (Lipinski definition) is 5. The molecule has 2 unspecified atom stereocenters. The van der Waals surface area contributed by atoms with Crippen molar-refractivity contribution in [3.8, 4) is 0 Å². The van der Waals surface area contributed by atoms with Crippen LogP contribution in [0.25, 0.3) is 11.2 Å². The number of anilines is 1. The van der Waals surface area contributed by atoms with Crippen molar-refractivity contribution in [2.45, 2.75) is 19.5 Å². The van der Waals surface area contributed by atoms with Crippen LogP contribution in [0.4, 0.5) is 5.82 Å². The van der Waals surface area contributed by atoms with Crippen molar-refractivity contribution >= 4 is 17.0 Å². The van der Waals surface area contributed by atoms with E-state index < -0.39 is 0 Å². The van der Waals surface area contributed by atoms with E-state index in [0.717, 1.165) is 31.0 Å². The molecule has 3 heterocycles. The largest absolute Gasteiger partial charge is 0.366 e. The maximum Gasteiger partial charge on any atom is 0.180 e. The van der Waals surface area contributed by atoms with Crippen LogP contribution in [0.15, 0.2) is 54.9 Å². The molecule has 1 aliphatic heterocycles. The van der Waals surface area contributed by atoms with Crippen LogP contribution in [0, 0.1) is 5.92 Å². The lowest BCUT2D eigenvalue weighted by Crippen LogP contribution is -2.28. The van der Waals surface area contributed by atoms with Gasteiger partial charge in [0.1, 0.15) is 11.3 Å². The van der Waals surface area contributed by atoms with Crippen molar-refractivity contribution in [2.75, 3.05) is 18.4 Å². The predicted molar refractivity (Wildman–Crippen MR) is 95.6 cm³/mol. The van der Waals surface area contributed by atoms with E-state index in [2.05, 4.69) is 62.4 Å². The van der Waals surface area contributed by atoms with Gasteiger partial charge >= 0.3 is 0 Å². The molecule has 3 aromatic rings. The third-order valence-corrected chi connectivity index (χ3v) is 4.60. The van der Waals surface area contributed by atoms with Gasteiger partial charge in [0.2, 0.25) is 0 Å². The van der Waals surface area contributed by atoms with E-state index in [-0.39, 0.29) is 0 Å². The SMILES string of the molecule is CC1CN(Cc2ccccc2)CC1Nc1ccc2nccnc2n1. The Hall–Kier alpha value is -2.53. The van der Waals surface area contributed by atoms with Crippen LogP contribution >= 0.6 is 0 Å². The Kier molecular flexibility index (Phi) is 4.09. The zero-order valence-corrected chi connectivity index (χ0v) is 13.8. The molecule has 0 aliphatic carbocycles. The highest BCUT2D eigenvalue weighted by Crippen LogP contribution is 2.22. The molecule has 5 heteroatoms. The first-order valence-electron chi connectivity index (χ1n) is 8.38. The highest BCUT2D eigenvalue weighted by Gasteiger charge is 2.29. The molecule has 1 aliphatic rings. The van der Waals surface area contributed by atoms with Crippen LogP contribution in [0.3, 0.4) is 0 Å². The van der Waals surface area contributed by atoms with Gasteiger partial charge in [-0.25, -0.2) is 9.97 Å². The summed E-state index contributed by atoms with van der Waals surface area (Å²) in [7, 11) is 0. The van der Waals surface area contributed by atoms with Gasteiger partial charge in [-0.15, -0.1) is 0 Å². The van der Waals surface area contributed by atoms with Crippen molar-refractivity contribution in [3.05, 3.63) is 60.4 Å². The monoisotopic (exact) mass is 319 g/mol. The van der Waals surface area contributed by atoms with Crippen LogP contribution in [0.1, 0.15) is 12.5 Å². The molecule has 0 spiro atoms. The minimum Gasteiger partial charge on any atom is -0.366 e. The number of likely N-dealkylation sites (tertiary alicyclic amines) is 1. The minimum absolute atomic E-state index is 0.398. The van der Waals surface area contributed by atoms with Crippen LogP contribution in [0.5, 0.6) is 0 Å². The van der Waals surface area contributed by atoms with Gasteiger partial charge in [-0.3, -0.25) is 9.88 Å². The van der Waals surface area contributed by atoms with Gasteiger partial charge in [-0.2, -0.15) is 0 Å². The van der Waals surface area contributed by atoms with E-state index in [0.29, 0.717) is 17.6 Å². The van der Waals surface area contributed by atoms with Crippen molar-refractivity contribution in [3.63, 3.8) is 0 Å². The summed E-state index contributed by atoms with van der Waals surface area (Å²) < 4.78 is 0. The van der Waals surface area contributed by atoms with Gasteiger partial charge in [0.15, 0.2) is 5.65 Å². The highest BCUT2D eigenvalue weighted by molar-refractivity contribution is 5.71. The quantitative estimate of drug-likeness (QED) is 0.801. The van der Waals surface area contributed by atoms with Gasteiger partial charge in [0, 0.05) is 38.1 Å². The van der Waals surface area contributed by atoms with E-state index in [1.54, 1.807) is 12.4 Å². The first kappa shape index (κ1) is 15.0. The normalized spacial score (nSPS) is 21.2. The number of hydrogen-bond donors (Lipinski definition) is 1. The number of pyridine rings is 1. The molecule has 0 saturated carbocycles. The second-order valence-electron chi connectivity index (χ2n) is 6.50. The average molecular weight is 319 g/mol. The first-order valence-corrected chi connectivity index (χ1v) is 8.38. The van der Waals surface area contributed by atoms with Gasteiger partial charge in [-0.1, -0.05) is 37.3 Å². The molecule has 1 N–H and O–H groups in total. The summed E-state index contributed by atoms with van der Waals surface area (Å²) in [6.07, 6.45) is 3.37. The minimum atomic E-state index is 0.398. The Labute approximate surface area is 141 Å². The van der Waals surface area contributed by atoms with E-state index in [4.69, 9.17) is 0 Å². The fraction of sp³-hybridized carbons (Fsp3) is 0.316. The summed E-state index contributed by atoms with van der Waals surface area (Å²) >= 11 is 0. The lowest BCUT2D eigenvalue weighted by molar-refractivity contribution is 0.319. The maximum absolute atomic E-state index is 4.58. The Morgan fingerprint density at radius 1 is 1.04 bits per heavy atom. The summed E-state index contributed by atoms with van der Waals surface area (Å²) in [6, 6.07) is 15.0. The van der Waals surface area contributed by atoms with Crippen LogP contribution < -0.4 is 5.32 Å². The van der Waals surface area contributed by atoms with Crippen LogP contribution in [-0.2, 0) is 6.54 Å². The summed E-state index contributed by atoms with van der Waals surface area (Å²) in [4.78, 5) is 15.6. The van der Waals surface area contributed by atoms with E-state index in [1.165, 1.54) is 5.56 Å². The van der Waals surface area contributed by atoms with Gasteiger partial charge in [0.05, 0.1) is 0 Å². The molecule has 2 atom stereocenters. The summed E-state index contributed by atoms with van der Waals surface area (Å²) in [5.41, 5.74) is 2.88. The van der Waals surface area contributed by atoms with Crippen LogP contribution in [-0.4, -0.2) is 39.0 Å². The first-order chi connectivity index (χ1) is 11.8. The molecule has 1 aromatic carbocycles. The Bertz CT molecular complexity index is 820. The maximum atomic E-state index is 4.58. The summed E-state index contributed by atoms with van der Waals surface area (Å²) in [5, 5.41) is 3.58.